The fourth-order valence-electron chi connectivity index (χ4n) is 3.17. The van der Waals surface area contributed by atoms with Crippen LogP contribution in [0.4, 0.5) is 5.69 Å². The molecular formula is C16H24BrN3O. The molecule has 0 radical (unpaired) electrons. The van der Waals surface area contributed by atoms with Gasteiger partial charge in [-0.15, -0.1) is 0 Å². The minimum absolute atomic E-state index is 0.584. The number of piperazine rings is 1. The minimum Gasteiger partial charge on any atom is -0.378 e. The van der Waals surface area contributed by atoms with Gasteiger partial charge in [0.1, 0.15) is 0 Å². The average molecular weight is 354 g/mol. The third-order valence-electron chi connectivity index (χ3n) is 4.25. The summed E-state index contributed by atoms with van der Waals surface area (Å²) in [5.74, 6) is 0. The molecular weight excluding hydrogens is 330 g/mol. The zero-order valence-corrected chi connectivity index (χ0v) is 14.2. The van der Waals surface area contributed by atoms with Crippen molar-refractivity contribution in [1.29, 1.82) is 0 Å². The van der Waals surface area contributed by atoms with Crippen molar-refractivity contribution in [3.05, 3.63) is 28.2 Å². The second-order valence-corrected chi connectivity index (χ2v) is 6.88. The number of nitrogens with zero attached hydrogens (tertiary/aromatic N) is 2. The number of hydrogen-bond acceptors (Lipinski definition) is 4. The summed E-state index contributed by atoms with van der Waals surface area (Å²) in [7, 11) is 0. The van der Waals surface area contributed by atoms with Gasteiger partial charge in [-0.3, -0.25) is 4.90 Å². The summed E-state index contributed by atoms with van der Waals surface area (Å²) in [5.41, 5.74) is 2.79. The van der Waals surface area contributed by atoms with Crippen molar-refractivity contribution in [2.24, 2.45) is 0 Å². The normalized spacial score (nSPS) is 24.3. The van der Waals surface area contributed by atoms with E-state index in [1.54, 1.807) is 0 Å². The maximum absolute atomic E-state index is 5.48. The monoisotopic (exact) mass is 353 g/mol. The smallest absolute Gasteiger partial charge is 0.0642 e. The van der Waals surface area contributed by atoms with Crippen LogP contribution in [0.5, 0.6) is 0 Å². The maximum atomic E-state index is 5.48. The first-order valence-corrected chi connectivity index (χ1v) is 8.58. The summed E-state index contributed by atoms with van der Waals surface area (Å²) in [6, 6.07) is 7.26. The highest BCUT2D eigenvalue weighted by Crippen LogP contribution is 2.27. The van der Waals surface area contributed by atoms with Crippen molar-refractivity contribution < 1.29 is 4.74 Å². The van der Waals surface area contributed by atoms with Crippen LogP contribution >= 0.6 is 15.9 Å². The highest BCUT2D eigenvalue weighted by Gasteiger charge is 2.19. The molecule has 1 unspecified atom stereocenters. The fraction of sp³-hybridized carbons (Fsp3) is 0.625. The second-order valence-electron chi connectivity index (χ2n) is 5.96. The molecule has 0 spiro atoms. The lowest BCUT2D eigenvalue weighted by Gasteiger charge is -2.35. The van der Waals surface area contributed by atoms with Crippen molar-refractivity contribution in [2.45, 2.75) is 19.5 Å². The van der Waals surface area contributed by atoms with E-state index in [2.05, 4.69) is 56.2 Å². The molecule has 2 aliphatic rings. The van der Waals surface area contributed by atoms with Crippen LogP contribution < -0.4 is 10.2 Å². The summed E-state index contributed by atoms with van der Waals surface area (Å²) in [5, 5.41) is 3.51. The molecule has 21 heavy (non-hydrogen) atoms. The van der Waals surface area contributed by atoms with E-state index in [0.29, 0.717) is 6.04 Å². The number of morpholine rings is 1. The van der Waals surface area contributed by atoms with E-state index < -0.39 is 0 Å². The molecule has 2 heterocycles. The second kappa shape index (κ2) is 7.09. The molecule has 2 saturated heterocycles. The van der Waals surface area contributed by atoms with Gasteiger partial charge in [-0.25, -0.2) is 0 Å². The first-order chi connectivity index (χ1) is 10.2. The van der Waals surface area contributed by atoms with Crippen LogP contribution in [0.2, 0.25) is 0 Å². The summed E-state index contributed by atoms with van der Waals surface area (Å²) >= 11 is 3.62. The highest BCUT2D eigenvalue weighted by molar-refractivity contribution is 9.10. The predicted octanol–water partition coefficient (Wildman–Crippen LogP) is 2.08. The average Bonchev–Trinajstić information content (AvgIpc) is 2.50. The third kappa shape index (κ3) is 3.97. The Morgan fingerprint density at radius 2 is 2.10 bits per heavy atom. The van der Waals surface area contributed by atoms with E-state index in [1.807, 2.05) is 0 Å². The van der Waals surface area contributed by atoms with Crippen LogP contribution in [-0.4, -0.2) is 56.9 Å². The zero-order chi connectivity index (χ0) is 14.7. The molecule has 5 heteroatoms. The van der Waals surface area contributed by atoms with E-state index in [4.69, 9.17) is 4.74 Å². The fourth-order valence-corrected chi connectivity index (χ4v) is 3.52. The molecule has 0 amide bonds. The van der Waals surface area contributed by atoms with Gasteiger partial charge >= 0.3 is 0 Å². The van der Waals surface area contributed by atoms with Crippen LogP contribution in [0.3, 0.4) is 0 Å². The molecule has 2 fully saturated rings. The standard InChI is InChI=1S/C16H24BrN3O/c1-13-11-19(5-4-18-13)12-14-2-3-15(17)10-16(14)20-6-8-21-9-7-20/h2-3,10,13,18H,4-9,11-12H2,1H3. The Morgan fingerprint density at radius 1 is 1.29 bits per heavy atom. The number of halogens is 1. The lowest BCUT2D eigenvalue weighted by molar-refractivity contribution is 0.122. The molecule has 1 aromatic rings. The number of rotatable bonds is 3. The van der Waals surface area contributed by atoms with Gasteiger partial charge in [0.2, 0.25) is 0 Å². The first kappa shape index (κ1) is 15.3. The lowest BCUT2D eigenvalue weighted by Crippen LogP contribution is -2.48. The molecule has 0 saturated carbocycles. The van der Waals surface area contributed by atoms with Crippen LogP contribution in [0.25, 0.3) is 0 Å². The Hall–Kier alpha value is -0.620. The van der Waals surface area contributed by atoms with Crippen molar-refractivity contribution in [3.8, 4) is 0 Å². The lowest BCUT2D eigenvalue weighted by atomic mass is 10.1. The van der Waals surface area contributed by atoms with Crippen molar-refractivity contribution in [2.75, 3.05) is 50.8 Å². The predicted molar refractivity (Wildman–Crippen MR) is 89.9 cm³/mol. The van der Waals surface area contributed by atoms with E-state index in [1.165, 1.54) is 11.3 Å². The van der Waals surface area contributed by atoms with Crippen LogP contribution in [0.1, 0.15) is 12.5 Å². The van der Waals surface area contributed by atoms with Crippen molar-refractivity contribution in [3.63, 3.8) is 0 Å². The molecule has 1 atom stereocenters. The minimum atomic E-state index is 0.584. The molecule has 0 bridgehead atoms. The van der Waals surface area contributed by atoms with Crippen LogP contribution in [-0.2, 0) is 11.3 Å². The summed E-state index contributed by atoms with van der Waals surface area (Å²) in [6.07, 6.45) is 0. The molecule has 0 aliphatic carbocycles. The number of nitrogens with one attached hydrogen (secondary N) is 1. The van der Waals surface area contributed by atoms with Gasteiger partial charge < -0.3 is 15.0 Å². The Labute approximate surface area is 135 Å². The van der Waals surface area contributed by atoms with E-state index in [9.17, 15) is 0 Å². The number of hydrogen-bond donors (Lipinski definition) is 1. The van der Waals surface area contributed by atoms with Crippen molar-refractivity contribution >= 4 is 21.6 Å². The van der Waals surface area contributed by atoms with Crippen LogP contribution in [0.15, 0.2) is 22.7 Å². The first-order valence-electron chi connectivity index (χ1n) is 7.79. The third-order valence-corrected chi connectivity index (χ3v) is 4.74. The Kier molecular flexibility index (Phi) is 5.16. The summed E-state index contributed by atoms with van der Waals surface area (Å²) in [4.78, 5) is 5.00. The topological polar surface area (TPSA) is 27.7 Å². The Balaban J connectivity index is 1.77. The molecule has 1 aromatic carbocycles. The van der Waals surface area contributed by atoms with Crippen LogP contribution in [0, 0.1) is 0 Å². The van der Waals surface area contributed by atoms with Gasteiger partial charge in [0.15, 0.2) is 0 Å². The van der Waals surface area contributed by atoms with Gasteiger partial charge in [0.25, 0.3) is 0 Å². The van der Waals surface area contributed by atoms with E-state index in [-0.39, 0.29) is 0 Å². The molecule has 1 N–H and O–H groups in total. The SMILES string of the molecule is CC1CN(Cc2ccc(Br)cc2N2CCOCC2)CCN1. The molecule has 2 aliphatic heterocycles. The Bertz CT molecular complexity index is 477. The summed E-state index contributed by atoms with van der Waals surface area (Å²) in [6.45, 7) is 10.3. The molecule has 4 nitrogen and oxygen atoms in total. The number of ether oxygens (including phenoxy) is 1. The van der Waals surface area contributed by atoms with Gasteiger partial charge in [-0.1, -0.05) is 22.0 Å². The Morgan fingerprint density at radius 3 is 2.86 bits per heavy atom. The van der Waals surface area contributed by atoms with Crippen molar-refractivity contribution in [1.82, 2.24) is 10.2 Å². The van der Waals surface area contributed by atoms with Gasteiger partial charge in [-0.05, 0) is 24.6 Å². The maximum Gasteiger partial charge on any atom is 0.0642 e. The van der Waals surface area contributed by atoms with Gasteiger partial charge in [0.05, 0.1) is 13.2 Å². The molecule has 116 valence electrons. The summed E-state index contributed by atoms with van der Waals surface area (Å²) < 4.78 is 6.64. The molecule has 0 aromatic heterocycles. The van der Waals surface area contributed by atoms with E-state index in [0.717, 1.165) is 57.0 Å². The number of anilines is 1. The number of benzene rings is 1. The van der Waals surface area contributed by atoms with Gasteiger partial charge in [-0.2, -0.15) is 0 Å². The zero-order valence-electron chi connectivity index (χ0n) is 12.6. The largest absolute Gasteiger partial charge is 0.378 e. The molecule has 3 rings (SSSR count). The quantitative estimate of drug-likeness (QED) is 0.900. The van der Waals surface area contributed by atoms with Gasteiger partial charge in [0, 0.05) is 55.5 Å². The van der Waals surface area contributed by atoms with E-state index >= 15 is 0 Å². The highest BCUT2D eigenvalue weighted by atomic mass is 79.9.